The molecule has 0 N–H and O–H groups in total. The molecule has 0 bridgehead atoms. The van der Waals surface area contributed by atoms with Gasteiger partial charge in [0.25, 0.3) is 5.91 Å². The van der Waals surface area contributed by atoms with E-state index in [9.17, 15) is 13.2 Å². The van der Waals surface area contributed by atoms with Crippen molar-refractivity contribution in [3.05, 3.63) is 71.1 Å². The number of aryl methyl sites for hydroxylation is 2. The predicted octanol–water partition coefficient (Wildman–Crippen LogP) is 3.82. The number of rotatable bonds is 10. The average molecular weight is 473 g/mol. The van der Waals surface area contributed by atoms with Crippen molar-refractivity contribution in [1.82, 2.24) is 10.1 Å². The number of nitrogens with zero attached hydrogens (tertiary/aromatic N) is 2. The van der Waals surface area contributed by atoms with Crippen molar-refractivity contribution in [2.45, 2.75) is 31.8 Å². The molecular formula is C24H28N2O6S. The van der Waals surface area contributed by atoms with E-state index < -0.39 is 9.84 Å². The van der Waals surface area contributed by atoms with Gasteiger partial charge in [-0.1, -0.05) is 17.3 Å². The van der Waals surface area contributed by atoms with Gasteiger partial charge in [0.2, 0.25) is 0 Å². The number of hydrogen-bond acceptors (Lipinski definition) is 7. The predicted molar refractivity (Wildman–Crippen MR) is 123 cm³/mol. The van der Waals surface area contributed by atoms with Crippen molar-refractivity contribution in [3.8, 4) is 11.5 Å². The lowest BCUT2D eigenvalue weighted by Gasteiger charge is -2.18. The second kappa shape index (κ2) is 10.5. The van der Waals surface area contributed by atoms with E-state index >= 15 is 0 Å². The van der Waals surface area contributed by atoms with Crippen molar-refractivity contribution in [2.75, 3.05) is 26.5 Å². The Kier molecular flexibility index (Phi) is 7.75. The quantitative estimate of drug-likeness (QED) is 0.414. The molecule has 0 radical (unpaired) electrons. The van der Waals surface area contributed by atoms with Gasteiger partial charge in [-0.3, -0.25) is 4.79 Å². The summed E-state index contributed by atoms with van der Waals surface area (Å²) in [5.74, 6) is 1.65. The Balaban J connectivity index is 1.50. The minimum absolute atomic E-state index is 0.128. The smallest absolute Gasteiger partial charge is 0.253 e. The zero-order valence-electron chi connectivity index (χ0n) is 19.2. The van der Waals surface area contributed by atoms with E-state index in [1.165, 1.54) is 12.1 Å². The van der Waals surface area contributed by atoms with Crippen LogP contribution in [0.1, 0.15) is 33.8 Å². The Hall–Kier alpha value is -3.33. The Labute approximate surface area is 194 Å². The fourth-order valence-electron chi connectivity index (χ4n) is 3.19. The number of aromatic nitrogens is 1. The molecule has 1 heterocycles. The van der Waals surface area contributed by atoms with Crippen molar-refractivity contribution < 1.29 is 27.2 Å². The van der Waals surface area contributed by atoms with Crippen molar-refractivity contribution >= 4 is 15.7 Å². The summed E-state index contributed by atoms with van der Waals surface area (Å²) in [5, 5.41) is 3.91. The van der Waals surface area contributed by atoms with Gasteiger partial charge in [0.15, 0.2) is 9.84 Å². The van der Waals surface area contributed by atoms with E-state index in [2.05, 4.69) is 5.16 Å². The zero-order chi connectivity index (χ0) is 24.0. The van der Waals surface area contributed by atoms with Gasteiger partial charge >= 0.3 is 0 Å². The number of ether oxygens (including phenoxy) is 2. The van der Waals surface area contributed by atoms with Crippen LogP contribution in [0, 0.1) is 13.8 Å². The molecule has 0 atom stereocenters. The molecule has 3 rings (SSSR count). The summed E-state index contributed by atoms with van der Waals surface area (Å²) in [6.45, 7) is 4.84. The lowest BCUT2D eigenvalue weighted by atomic mass is 10.2. The normalized spacial score (nSPS) is 11.3. The number of amides is 1. The van der Waals surface area contributed by atoms with Crippen LogP contribution in [0.3, 0.4) is 0 Å². The van der Waals surface area contributed by atoms with E-state index in [4.69, 9.17) is 14.0 Å². The van der Waals surface area contributed by atoms with Crippen LogP contribution in [0.25, 0.3) is 0 Å². The molecule has 0 unspecified atom stereocenters. The average Bonchev–Trinajstić information content (AvgIpc) is 3.11. The molecule has 2 aromatic carbocycles. The van der Waals surface area contributed by atoms with Crippen LogP contribution < -0.4 is 9.47 Å². The zero-order valence-corrected chi connectivity index (χ0v) is 20.0. The van der Waals surface area contributed by atoms with Gasteiger partial charge in [0.1, 0.15) is 23.9 Å². The van der Waals surface area contributed by atoms with Gasteiger partial charge in [-0.2, -0.15) is 0 Å². The van der Waals surface area contributed by atoms with Gasteiger partial charge in [0, 0.05) is 25.4 Å². The van der Waals surface area contributed by atoms with E-state index in [1.54, 1.807) is 48.3 Å². The Morgan fingerprint density at radius 3 is 2.42 bits per heavy atom. The highest BCUT2D eigenvalue weighted by Gasteiger charge is 2.14. The fourth-order valence-corrected chi connectivity index (χ4v) is 3.85. The summed E-state index contributed by atoms with van der Waals surface area (Å²) in [7, 11) is -1.56. The standard InChI is InChI=1S/C24H28N2O6S/c1-17-23(18(2)32-25-17)16-31-20-9-5-8-19(14-20)24(27)26(3)12-7-13-30-21-10-6-11-22(15-21)33(4,28)29/h5-6,8-11,14-15H,7,12-13,16H2,1-4H3. The second-order valence-corrected chi connectivity index (χ2v) is 9.81. The minimum Gasteiger partial charge on any atom is -0.493 e. The van der Waals surface area contributed by atoms with E-state index in [0.29, 0.717) is 49.0 Å². The van der Waals surface area contributed by atoms with Crippen LogP contribution in [-0.4, -0.2) is 50.8 Å². The molecule has 176 valence electrons. The summed E-state index contributed by atoms with van der Waals surface area (Å²) < 4.78 is 39.9. The van der Waals surface area contributed by atoms with Crippen LogP contribution in [0.2, 0.25) is 0 Å². The molecule has 0 saturated carbocycles. The molecule has 0 aliphatic heterocycles. The molecule has 0 fully saturated rings. The number of hydrogen-bond donors (Lipinski definition) is 0. The Morgan fingerprint density at radius 2 is 1.76 bits per heavy atom. The second-order valence-electron chi connectivity index (χ2n) is 7.79. The Morgan fingerprint density at radius 1 is 1.06 bits per heavy atom. The van der Waals surface area contributed by atoms with Gasteiger partial charge in [-0.05, 0) is 56.7 Å². The number of sulfone groups is 1. The summed E-state index contributed by atoms with van der Waals surface area (Å²) in [4.78, 5) is 14.6. The molecule has 3 aromatic rings. The van der Waals surface area contributed by atoms with Gasteiger partial charge in [0.05, 0.1) is 22.8 Å². The molecule has 33 heavy (non-hydrogen) atoms. The third-order valence-electron chi connectivity index (χ3n) is 5.13. The maximum Gasteiger partial charge on any atom is 0.253 e. The monoisotopic (exact) mass is 472 g/mol. The van der Waals surface area contributed by atoms with E-state index in [0.717, 1.165) is 17.5 Å². The topological polar surface area (TPSA) is 98.9 Å². The van der Waals surface area contributed by atoms with Crippen LogP contribution in [-0.2, 0) is 16.4 Å². The number of benzene rings is 2. The minimum atomic E-state index is -3.29. The molecule has 0 aliphatic carbocycles. The number of carbonyl (C=O) groups excluding carboxylic acids is 1. The van der Waals surface area contributed by atoms with Crippen molar-refractivity contribution in [2.24, 2.45) is 0 Å². The maximum atomic E-state index is 12.8. The molecule has 1 aromatic heterocycles. The van der Waals surface area contributed by atoms with Gasteiger partial charge < -0.3 is 18.9 Å². The lowest BCUT2D eigenvalue weighted by Crippen LogP contribution is -2.28. The van der Waals surface area contributed by atoms with Crippen LogP contribution >= 0.6 is 0 Å². The maximum absolute atomic E-state index is 12.8. The molecule has 0 aliphatic rings. The first-order valence-electron chi connectivity index (χ1n) is 10.5. The first-order chi connectivity index (χ1) is 15.6. The molecular weight excluding hydrogens is 444 g/mol. The molecule has 8 nitrogen and oxygen atoms in total. The highest BCUT2D eigenvalue weighted by molar-refractivity contribution is 7.90. The van der Waals surface area contributed by atoms with E-state index in [-0.39, 0.29) is 10.8 Å². The van der Waals surface area contributed by atoms with Crippen LogP contribution in [0.5, 0.6) is 11.5 Å². The largest absolute Gasteiger partial charge is 0.493 e. The summed E-state index contributed by atoms with van der Waals surface area (Å²) >= 11 is 0. The summed E-state index contributed by atoms with van der Waals surface area (Å²) in [6.07, 6.45) is 1.75. The summed E-state index contributed by atoms with van der Waals surface area (Å²) in [5.41, 5.74) is 2.20. The highest BCUT2D eigenvalue weighted by Crippen LogP contribution is 2.20. The van der Waals surface area contributed by atoms with Gasteiger partial charge in [-0.25, -0.2) is 8.42 Å². The highest BCUT2D eigenvalue weighted by atomic mass is 32.2. The molecule has 0 spiro atoms. The third-order valence-corrected chi connectivity index (χ3v) is 6.24. The Bertz CT molecular complexity index is 1200. The van der Waals surface area contributed by atoms with Crippen molar-refractivity contribution in [1.29, 1.82) is 0 Å². The van der Waals surface area contributed by atoms with Crippen LogP contribution in [0.4, 0.5) is 0 Å². The van der Waals surface area contributed by atoms with Gasteiger partial charge in [-0.15, -0.1) is 0 Å². The SMILES string of the molecule is Cc1noc(C)c1COc1cccc(C(=O)N(C)CCCOc2cccc(S(C)(=O)=O)c2)c1. The first-order valence-corrected chi connectivity index (χ1v) is 12.4. The number of carbonyl (C=O) groups is 1. The molecule has 1 amide bonds. The van der Waals surface area contributed by atoms with Crippen LogP contribution in [0.15, 0.2) is 57.9 Å². The summed E-state index contributed by atoms with van der Waals surface area (Å²) in [6, 6.07) is 13.4. The fraction of sp³-hybridized carbons (Fsp3) is 0.333. The van der Waals surface area contributed by atoms with Crippen molar-refractivity contribution in [3.63, 3.8) is 0 Å². The third kappa shape index (κ3) is 6.58. The first kappa shape index (κ1) is 24.3. The molecule has 0 saturated heterocycles. The molecule has 9 heteroatoms. The lowest BCUT2D eigenvalue weighted by molar-refractivity contribution is 0.0787. The van der Waals surface area contributed by atoms with E-state index in [1.807, 2.05) is 13.8 Å².